The number of methoxy groups -OCH3 is 1. The van der Waals surface area contributed by atoms with Crippen molar-refractivity contribution in [3.63, 3.8) is 0 Å². The third-order valence-electron chi connectivity index (χ3n) is 10.9. The smallest absolute Gasteiger partial charge is 0.493 e. The molecule has 4 atom stereocenters. The number of carbonyl (C=O) groups is 3. The third kappa shape index (κ3) is 10.3. The minimum Gasteiger partial charge on any atom is -0.493 e. The molecule has 0 radical (unpaired) electrons. The zero-order chi connectivity index (χ0) is 45.0. The van der Waals surface area contributed by atoms with E-state index in [2.05, 4.69) is 4.98 Å². The van der Waals surface area contributed by atoms with Crippen molar-refractivity contribution in [1.29, 1.82) is 0 Å². The maximum atomic E-state index is 13.9. The van der Waals surface area contributed by atoms with Crippen LogP contribution in [0.2, 0.25) is 0 Å². The molecule has 22 heteroatoms. The SMILES string of the molecule is COc1cc2c(cc1OCCCCCC(=O)N1C[C@@H](CCl)c3c1cc(OP(=O)(O)O)c1ccccc31)N(C(=O)OCC(C)SSc1ccc([N+](=O)[O-])cn1)C(O)[C@@H]1CCCN1C2=O. The highest BCUT2D eigenvalue weighted by molar-refractivity contribution is 8.76. The molecule has 4 heterocycles. The summed E-state index contributed by atoms with van der Waals surface area (Å²) in [5.41, 5.74) is 1.42. The van der Waals surface area contributed by atoms with Crippen molar-refractivity contribution < 1.29 is 57.5 Å². The van der Waals surface area contributed by atoms with E-state index in [1.807, 2.05) is 13.0 Å². The molecule has 63 heavy (non-hydrogen) atoms. The summed E-state index contributed by atoms with van der Waals surface area (Å²) in [6.07, 6.45) is 1.77. The summed E-state index contributed by atoms with van der Waals surface area (Å²) in [5.74, 6) is -0.0782. The summed E-state index contributed by atoms with van der Waals surface area (Å²) in [7, 11) is -0.863. The number of aliphatic hydroxyl groups excluding tert-OH is 1. The lowest BCUT2D eigenvalue weighted by Crippen LogP contribution is -2.51. The number of benzene rings is 3. The first-order chi connectivity index (χ1) is 30.2. The van der Waals surface area contributed by atoms with Gasteiger partial charge < -0.3 is 33.6 Å². The quantitative estimate of drug-likeness (QED) is 0.0230. The Balaban J connectivity index is 0.992. The number of phosphoric ester groups is 1. The van der Waals surface area contributed by atoms with Crippen LogP contribution < -0.4 is 23.8 Å². The van der Waals surface area contributed by atoms with Gasteiger partial charge in [0.2, 0.25) is 5.91 Å². The van der Waals surface area contributed by atoms with Crippen molar-refractivity contribution in [2.75, 3.05) is 49.1 Å². The highest BCUT2D eigenvalue weighted by atomic mass is 35.5. The standard InChI is InChI=1S/C41H45ClN5O13PS2/c1-24(62-63-36-14-13-26(21-43-36)47(52)53)23-59-41(51)46-31-18-35(34(57-2)17-29(31)39(49)44-15-8-11-30(44)40(46)50)58-16-7-3-4-12-37(48)45-22-25(20-42)38-28-10-6-5-9-27(28)33(19-32(38)45)60-61(54,55)56/h5-6,9-10,13-14,17-19,21,24-25,30,40,50H,3-4,7-8,11-12,15-16,20,22-23H2,1-2H3,(H2,54,55,56)/t24?,25-,30+,40?/m1/s1. The second kappa shape index (κ2) is 19.9. The zero-order valence-electron chi connectivity index (χ0n) is 34.2. The van der Waals surface area contributed by atoms with E-state index in [1.54, 1.807) is 28.0 Å². The molecule has 3 N–H and O–H groups in total. The average Bonchev–Trinajstić information content (AvgIpc) is 3.90. The molecule has 4 aromatic rings. The van der Waals surface area contributed by atoms with E-state index in [9.17, 15) is 44.0 Å². The van der Waals surface area contributed by atoms with E-state index in [0.29, 0.717) is 66.7 Å². The average molecular weight is 946 g/mol. The number of unbranched alkanes of at least 4 members (excludes halogenated alkanes) is 2. The van der Waals surface area contributed by atoms with E-state index in [1.165, 1.54) is 65.2 Å². The van der Waals surface area contributed by atoms with Crippen molar-refractivity contribution in [2.24, 2.45) is 0 Å². The van der Waals surface area contributed by atoms with Crippen molar-refractivity contribution in [3.8, 4) is 17.2 Å². The highest BCUT2D eigenvalue weighted by Crippen LogP contribution is 2.49. The summed E-state index contributed by atoms with van der Waals surface area (Å²) in [4.78, 5) is 79.3. The lowest BCUT2D eigenvalue weighted by atomic mass is 9.95. The van der Waals surface area contributed by atoms with Crippen LogP contribution >= 0.6 is 41.0 Å². The number of halogens is 1. The van der Waals surface area contributed by atoms with Gasteiger partial charge in [0.1, 0.15) is 23.6 Å². The van der Waals surface area contributed by atoms with Gasteiger partial charge >= 0.3 is 13.9 Å². The van der Waals surface area contributed by atoms with E-state index in [-0.39, 0.29) is 82.7 Å². The zero-order valence-corrected chi connectivity index (χ0v) is 37.4. The maximum absolute atomic E-state index is 13.9. The van der Waals surface area contributed by atoms with E-state index >= 15 is 0 Å². The monoisotopic (exact) mass is 945 g/mol. The van der Waals surface area contributed by atoms with E-state index in [0.717, 1.165) is 10.5 Å². The van der Waals surface area contributed by atoms with Gasteiger partial charge in [-0.05, 0) is 72.9 Å². The first kappa shape index (κ1) is 46.2. The van der Waals surface area contributed by atoms with Crippen LogP contribution in [0.3, 0.4) is 0 Å². The Bertz CT molecular complexity index is 2430. The molecule has 3 aromatic carbocycles. The number of nitrogens with zero attached hydrogens (tertiary/aromatic N) is 5. The summed E-state index contributed by atoms with van der Waals surface area (Å²) in [5, 5.41) is 24.1. The number of ether oxygens (including phenoxy) is 3. The first-order valence-corrected chi connectivity index (χ1v) is 24.4. The van der Waals surface area contributed by atoms with Gasteiger partial charge in [-0.2, -0.15) is 0 Å². The van der Waals surface area contributed by atoms with Crippen molar-refractivity contribution in [2.45, 2.75) is 73.9 Å². The lowest BCUT2D eigenvalue weighted by molar-refractivity contribution is -0.385. The van der Waals surface area contributed by atoms with Gasteiger partial charge in [-0.25, -0.2) is 19.2 Å². The number of hydrogen-bond donors (Lipinski definition) is 3. The molecule has 1 fully saturated rings. The second-order valence-electron chi connectivity index (χ2n) is 15.1. The molecule has 1 saturated heterocycles. The molecule has 0 spiro atoms. The van der Waals surface area contributed by atoms with Gasteiger partial charge in [-0.1, -0.05) is 35.1 Å². The minimum atomic E-state index is -4.90. The minimum absolute atomic E-state index is 0.0325. The molecule has 336 valence electrons. The molecule has 2 unspecified atom stereocenters. The number of rotatable bonds is 17. The summed E-state index contributed by atoms with van der Waals surface area (Å²) >= 11 is 6.37. The molecular weight excluding hydrogens is 901 g/mol. The van der Waals surface area contributed by atoms with Crippen LogP contribution in [0.25, 0.3) is 10.8 Å². The largest absolute Gasteiger partial charge is 0.524 e. The van der Waals surface area contributed by atoms with Gasteiger partial charge in [0.05, 0.1) is 41.6 Å². The fourth-order valence-electron chi connectivity index (χ4n) is 8.02. The number of anilines is 2. The predicted octanol–water partition coefficient (Wildman–Crippen LogP) is 7.64. The molecule has 3 aliphatic heterocycles. The Morgan fingerprint density at radius 3 is 2.52 bits per heavy atom. The summed E-state index contributed by atoms with van der Waals surface area (Å²) in [6, 6.07) is 13.7. The van der Waals surface area contributed by atoms with Gasteiger partial charge in [-0.3, -0.25) is 29.5 Å². The number of aliphatic hydroxyl groups is 1. The van der Waals surface area contributed by atoms with Gasteiger partial charge in [-0.15, -0.1) is 11.6 Å². The summed E-state index contributed by atoms with van der Waals surface area (Å²) in [6.45, 7) is 2.65. The molecule has 1 aromatic heterocycles. The van der Waals surface area contributed by atoms with Crippen molar-refractivity contribution in [3.05, 3.63) is 82.0 Å². The van der Waals surface area contributed by atoms with Gasteiger partial charge in [0.25, 0.3) is 11.6 Å². The molecular formula is C41H45ClN5O13PS2. The Hall–Kier alpha value is -4.82. The number of hydrogen-bond acceptors (Lipinski definition) is 14. The van der Waals surface area contributed by atoms with Gasteiger partial charge in [0.15, 0.2) is 17.7 Å². The molecule has 0 saturated carbocycles. The van der Waals surface area contributed by atoms with Crippen LogP contribution in [0.1, 0.15) is 67.3 Å². The van der Waals surface area contributed by atoms with Crippen LogP contribution in [0.5, 0.6) is 17.2 Å². The van der Waals surface area contributed by atoms with Crippen LogP contribution in [-0.2, 0) is 14.1 Å². The number of nitro groups is 1. The first-order valence-electron chi connectivity index (χ1n) is 20.1. The van der Waals surface area contributed by atoms with E-state index in [4.69, 9.17) is 30.3 Å². The van der Waals surface area contributed by atoms with E-state index < -0.39 is 31.1 Å². The topological polar surface area (TPSA) is 232 Å². The Kier molecular flexibility index (Phi) is 14.6. The van der Waals surface area contributed by atoms with Crippen LogP contribution in [0, 0.1) is 10.1 Å². The number of aromatic nitrogens is 1. The molecule has 0 aliphatic carbocycles. The van der Waals surface area contributed by atoms with Crippen molar-refractivity contribution >= 4 is 86.8 Å². The number of amides is 3. The number of carbonyl (C=O) groups excluding carboxylic acids is 3. The summed E-state index contributed by atoms with van der Waals surface area (Å²) < 4.78 is 34.3. The van der Waals surface area contributed by atoms with Crippen LogP contribution in [0.4, 0.5) is 21.9 Å². The van der Waals surface area contributed by atoms with Crippen LogP contribution in [-0.4, -0.2) is 104 Å². The molecule has 3 aliphatic rings. The lowest BCUT2D eigenvalue weighted by Gasteiger charge is -2.32. The Morgan fingerprint density at radius 1 is 1.06 bits per heavy atom. The Morgan fingerprint density at radius 2 is 1.83 bits per heavy atom. The van der Waals surface area contributed by atoms with Gasteiger partial charge in [0, 0.05) is 60.1 Å². The number of alkyl halides is 1. The van der Waals surface area contributed by atoms with Crippen molar-refractivity contribution in [1.82, 2.24) is 9.88 Å². The van der Waals surface area contributed by atoms with Crippen LogP contribution in [0.15, 0.2) is 65.8 Å². The molecule has 0 bridgehead atoms. The molecule has 18 nitrogen and oxygen atoms in total. The fourth-order valence-corrected chi connectivity index (χ4v) is 10.5. The Labute approximate surface area is 374 Å². The fraction of sp³-hybridized carbons (Fsp3) is 0.415. The second-order valence-corrected chi connectivity index (χ2v) is 19.3. The number of phosphoric acid groups is 1. The number of pyridine rings is 1. The highest BCUT2D eigenvalue weighted by Gasteiger charge is 2.45. The maximum Gasteiger partial charge on any atom is 0.524 e. The number of fused-ring (bicyclic) bond motifs is 5. The molecule has 7 rings (SSSR count). The predicted molar refractivity (Wildman–Crippen MR) is 237 cm³/mol. The molecule has 3 amide bonds. The normalized spacial score (nSPS) is 18.7. The third-order valence-corrected chi connectivity index (χ3v) is 14.5.